The zero-order valence-corrected chi connectivity index (χ0v) is 13.1. The number of hydrogen-bond donors (Lipinski definition) is 2. The normalized spacial score (nSPS) is 10.6. The first-order valence-corrected chi connectivity index (χ1v) is 7.63. The number of benzene rings is 1. The van der Waals surface area contributed by atoms with Crippen LogP contribution >= 0.6 is 0 Å². The van der Waals surface area contributed by atoms with Gasteiger partial charge in [-0.3, -0.25) is 9.59 Å². The minimum absolute atomic E-state index is 0.0198. The Morgan fingerprint density at radius 2 is 1.91 bits per heavy atom. The third-order valence-electron chi connectivity index (χ3n) is 3.40. The van der Waals surface area contributed by atoms with Crippen LogP contribution in [0.15, 0.2) is 24.3 Å². The summed E-state index contributed by atoms with van der Waals surface area (Å²) >= 11 is 0. The first-order chi connectivity index (χ1) is 10.7. The lowest BCUT2D eigenvalue weighted by Gasteiger charge is -2.09. The molecule has 2 rings (SSSR count). The van der Waals surface area contributed by atoms with Crippen LogP contribution in [0.5, 0.6) is 0 Å². The van der Waals surface area contributed by atoms with Crippen molar-refractivity contribution in [3.63, 3.8) is 0 Å². The molecule has 0 spiro atoms. The molecule has 0 aliphatic carbocycles. The molecule has 118 valence electrons. The van der Waals surface area contributed by atoms with E-state index < -0.39 is 0 Å². The molecule has 6 heteroatoms. The first-order valence-electron chi connectivity index (χ1n) is 7.63. The average molecular weight is 302 g/mol. The second kappa shape index (κ2) is 7.59. The molecule has 1 aromatic carbocycles. The molecule has 6 nitrogen and oxygen atoms in total. The van der Waals surface area contributed by atoms with Crippen LogP contribution in [0.3, 0.4) is 0 Å². The maximum absolute atomic E-state index is 11.9. The monoisotopic (exact) mass is 302 g/mol. The molecule has 2 amide bonds. The molecule has 0 saturated heterocycles. The third kappa shape index (κ3) is 3.84. The summed E-state index contributed by atoms with van der Waals surface area (Å²) in [5.74, 6) is 0.791. The van der Waals surface area contributed by atoms with Crippen LogP contribution in [-0.2, 0) is 22.6 Å². The van der Waals surface area contributed by atoms with Crippen molar-refractivity contribution >= 4 is 22.8 Å². The minimum Gasteiger partial charge on any atom is -0.356 e. The lowest BCUT2D eigenvalue weighted by Crippen LogP contribution is -2.29. The number of aromatic nitrogens is 2. The van der Waals surface area contributed by atoms with Crippen molar-refractivity contribution in [1.29, 1.82) is 0 Å². The summed E-state index contributed by atoms with van der Waals surface area (Å²) in [5, 5.41) is 5.64. The van der Waals surface area contributed by atoms with Gasteiger partial charge in [0.2, 0.25) is 11.8 Å². The fraction of sp³-hybridized carbons (Fsp3) is 0.438. The molecular weight excluding hydrogens is 280 g/mol. The Morgan fingerprint density at radius 1 is 1.14 bits per heavy atom. The lowest BCUT2D eigenvalue weighted by molar-refractivity contribution is -0.122. The number of hydrogen-bond acceptors (Lipinski definition) is 3. The Balaban J connectivity index is 2.19. The van der Waals surface area contributed by atoms with Crippen molar-refractivity contribution in [1.82, 2.24) is 20.2 Å². The number of carbonyl (C=O) groups is 2. The molecule has 0 bridgehead atoms. The van der Waals surface area contributed by atoms with Crippen LogP contribution in [-0.4, -0.2) is 34.5 Å². The summed E-state index contributed by atoms with van der Waals surface area (Å²) in [6.45, 7) is 5.08. The van der Waals surface area contributed by atoms with E-state index in [2.05, 4.69) is 15.6 Å². The number of nitrogens with zero attached hydrogens (tertiary/aromatic N) is 2. The molecule has 0 atom stereocenters. The molecule has 22 heavy (non-hydrogen) atoms. The van der Waals surface area contributed by atoms with Gasteiger partial charge in [0.25, 0.3) is 0 Å². The summed E-state index contributed by atoms with van der Waals surface area (Å²) < 4.78 is 1.92. The Labute approximate surface area is 129 Å². The highest BCUT2D eigenvalue weighted by molar-refractivity contribution is 5.81. The Bertz CT molecular complexity index is 663. The smallest absolute Gasteiger partial charge is 0.239 e. The number of rotatable bonds is 7. The van der Waals surface area contributed by atoms with Crippen LogP contribution in [0.1, 0.15) is 26.1 Å². The van der Waals surface area contributed by atoms with Crippen LogP contribution in [0.25, 0.3) is 11.0 Å². The summed E-state index contributed by atoms with van der Waals surface area (Å²) in [6, 6.07) is 7.74. The molecule has 0 unspecified atom stereocenters. The Kier molecular flexibility index (Phi) is 5.52. The minimum atomic E-state index is -0.0375. The summed E-state index contributed by atoms with van der Waals surface area (Å²) in [4.78, 5) is 27.8. The van der Waals surface area contributed by atoms with Crippen LogP contribution in [0.4, 0.5) is 0 Å². The number of likely N-dealkylation sites (N-methyl/N-ethyl adjacent to an activating group) is 1. The van der Waals surface area contributed by atoms with E-state index in [4.69, 9.17) is 0 Å². The fourth-order valence-corrected chi connectivity index (χ4v) is 2.33. The number of nitrogens with one attached hydrogen (secondary N) is 2. The summed E-state index contributed by atoms with van der Waals surface area (Å²) in [5.41, 5.74) is 1.80. The highest BCUT2D eigenvalue weighted by atomic mass is 16.2. The number of fused-ring (bicyclic) bond motifs is 1. The van der Waals surface area contributed by atoms with E-state index in [1.54, 1.807) is 0 Å². The highest BCUT2D eigenvalue weighted by Crippen LogP contribution is 2.16. The molecule has 0 fully saturated rings. The van der Waals surface area contributed by atoms with Crippen molar-refractivity contribution in [2.45, 2.75) is 33.2 Å². The van der Waals surface area contributed by atoms with Crippen LogP contribution < -0.4 is 10.6 Å². The van der Waals surface area contributed by atoms with E-state index >= 15 is 0 Å². The Morgan fingerprint density at radius 3 is 2.64 bits per heavy atom. The van der Waals surface area contributed by atoms with Gasteiger partial charge in [0.15, 0.2) is 0 Å². The SMILES string of the molecule is CCNC(=O)Cn1c(CCNC(=O)CC)nc2ccccc21. The predicted molar refractivity (Wildman–Crippen MR) is 85.4 cm³/mol. The van der Waals surface area contributed by atoms with Gasteiger partial charge in [-0.05, 0) is 19.1 Å². The summed E-state index contributed by atoms with van der Waals surface area (Å²) in [7, 11) is 0. The lowest BCUT2D eigenvalue weighted by atomic mass is 10.3. The molecule has 0 radical (unpaired) electrons. The van der Waals surface area contributed by atoms with Gasteiger partial charge >= 0.3 is 0 Å². The zero-order chi connectivity index (χ0) is 15.9. The molecule has 0 aliphatic rings. The van der Waals surface area contributed by atoms with Crippen LogP contribution in [0, 0.1) is 0 Å². The fourth-order valence-electron chi connectivity index (χ4n) is 2.33. The number of amides is 2. The number of carbonyl (C=O) groups excluding carboxylic acids is 2. The van der Waals surface area contributed by atoms with Crippen molar-refractivity contribution in [3.05, 3.63) is 30.1 Å². The molecule has 0 saturated carbocycles. The summed E-state index contributed by atoms with van der Waals surface area (Å²) in [6.07, 6.45) is 1.06. The van der Waals surface area contributed by atoms with E-state index in [0.717, 1.165) is 16.9 Å². The first kappa shape index (κ1) is 16.0. The second-order valence-electron chi connectivity index (χ2n) is 5.01. The predicted octanol–water partition coefficient (Wildman–Crippen LogP) is 1.24. The number of para-hydroxylation sites is 2. The van der Waals surface area contributed by atoms with E-state index in [9.17, 15) is 9.59 Å². The Hall–Kier alpha value is -2.37. The van der Waals surface area contributed by atoms with E-state index in [0.29, 0.717) is 25.9 Å². The van der Waals surface area contributed by atoms with Gasteiger partial charge in [-0.15, -0.1) is 0 Å². The van der Waals surface area contributed by atoms with E-state index in [-0.39, 0.29) is 18.4 Å². The van der Waals surface area contributed by atoms with Gasteiger partial charge < -0.3 is 15.2 Å². The maximum atomic E-state index is 11.9. The maximum Gasteiger partial charge on any atom is 0.239 e. The molecular formula is C16H22N4O2. The van der Waals surface area contributed by atoms with Crippen molar-refractivity contribution in [2.75, 3.05) is 13.1 Å². The van der Waals surface area contributed by atoms with Gasteiger partial charge in [0.1, 0.15) is 12.4 Å². The molecule has 1 aromatic heterocycles. The van der Waals surface area contributed by atoms with Gasteiger partial charge in [0.05, 0.1) is 11.0 Å². The molecule has 1 heterocycles. The van der Waals surface area contributed by atoms with Gasteiger partial charge in [-0.25, -0.2) is 4.98 Å². The third-order valence-corrected chi connectivity index (χ3v) is 3.40. The zero-order valence-electron chi connectivity index (χ0n) is 13.1. The van der Waals surface area contributed by atoms with Gasteiger partial charge in [0, 0.05) is 25.9 Å². The highest BCUT2D eigenvalue weighted by Gasteiger charge is 2.13. The molecule has 0 aliphatic heterocycles. The van der Waals surface area contributed by atoms with E-state index in [1.165, 1.54) is 0 Å². The quantitative estimate of drug-likeness (QED) is 0.808. The standard InChI is InChI=1S/C16H22N4O2/c1-3-15(21)18-10-9-14-19-12-7-5-6-8-13(12)20(14)11-16(22)17-4-2/h5-8H,3-4,9-11H2,1-2H3,(H,17,22)(H,18,21). The van der Waals surface area contributed by atoms with Crippen molar-refractivity contribution < 1.29 is 9.59 Å². The van der Waals surface area contributed by atoms with E-state index in [1.807, 2.05) is 42.7 Å². The van der Waals surface area contributed by atoms with Gasteiger partial charge in [-0.1, -0.05) is 19.1 Å². The van der Waals surface area contributed by atoms with Crippen LogP contribution in [0.2, 0.25) is 0 Å². The molecule has 2 aromatic rings. The topological polar surface area (TPSA) is 76.0 Å². The molecule has 2 N–H and O–H groups in total. The van der Waals surface area contributed by atoms with Gasteiger partial charge in [-0.2, -0.15) is 0 Å². The van der Waals surface area contributed by atoms with Crippen molar-refractivity contribution in [2.24, 2.45) is 0 Å². The number of imidazole rings is 1. The van der Waals surface area contributed by atoms with Crippen molar-refractivity contribution in [3.8, 4) is 0 Å². The largest absolute Gasteiger partial charge is 0.356 e. The average Bonchev–Trinajstić information content (AvgIpc) is 2.85. The second-order valence-corrected chi connectivity index (χ2v) is 5.01.